The number of hydrogen-bond donors (Lipinski definition) is 1. The van der Waals surface area contributed by atoms with Gasteiger partial charge in [0.25, 0.3) is 5.91 Å². The van der Waals surface area contributed by atoms with Crippen molar-refractivity contribution in [1.82, 2.24) is 15.3 Å². The van der Waals surface area contributed by atoms with Gasteiger partial charge in [-0.15, -0.1) is 0 Å². The number of nitrogens with one attached hydrogen (secondary N) is 1. The molecule has 4 nitrogen and oxygen atoms in total. The van der Waals surface area contributed by atoms with Crippen LogP contribution in [0, 0.1) is 0 Å². The number of pyridine rings is 2. The molecule has 5 heteroatoms. The Balaban J connectivity index is 1.92. The second-order valence-corrected chi connectivity index (χ2v) is 5.33. The molecule has 2 heterocycles. The molecule has 3 rings (SSSR count). The van der Waals surface area contributed by atoms with Crippen LogP contribution in [0.15, 0.2) is 73.1 Å². The summed E-state index contributed by atoms with van der Waals surface area (Å²) in [5.74, 6) is -0.228. The Labute approximate surface area is 139 Å². The molecule has 23 heavy (non-hydrogen) atoms. The van der Waals surface area contributed by atoms with E-state index in [2.05, 4.69) is 15.3 Å². The number of nitrogens with zero attached hydrogens (tertiary/aromatic N) is 2. The second kappa shape index (κ2) is 7.03. The molecule has 2 aromatic heterocycles. The minimum absolute atomic E-state index is 0.228. The zero-order chi connectivity index (χ0) is 16.1. The van der Waals surface area contributed by atoms with Gasteiger partial charge in [0.1, 0.15) is 5.15 Å². The fraction of sp³-hybridized carbons (Fsp3) is 0.0556. The molecule has 0 saturated carbocycles. The van der Waals surface area contributed by atoms with Crippen LogP contribution in [0.1, 0.15) is 27.7 Å². The number of rotatable bonds is 4. The summed E-state index contributed by atoms with van der Waals surface area (Å²) >= 11 is 5.86. The van der Waals surface area contributed by atoms with Crippen LogP contribution in [0.4, 0.5) is 0 Å². The number of carbonyl (C=O) groups is 1. The number of aromatic nitrogens is 2. The Bertz CT molecular complexity index is 754. The van der Waals surface area contributed by atoms with Crippen LogP contribution >= 0.6 is 11.6 Å². The highest BCUT2D eigenvalue weighted by molar-refractivity contribution is 6.29. The van der Waals surface area contributed by atoms with E-state index in [0.29, 0.717) is 5.56 Å². The summed E-state index contributed by atoms with van der Waals surface area (Å²) in [7, 11) is 0. The highest BCUT2D eigenvalue weighted by atomic mass is 35.5. The number of amides is 1. The lowest BCUT2D eigenvalue weighted by Crippen LogP contribution is -2.29. The molecule has 1 amide bonds. The van der Waals surface area contributed by atoms with E-state index in [4.69, 9.17) is 11.6 Å². The standard InChI is InChI=1S/C18H14ClN3O/c19-16-12-14(9-11-21-16)18(23)22-17(13-6-2-1-3-7-13)15-8-4-5-10-20-15/h1-12,17H,(H,22,23). The average molecular weight is 324 g/mol. The van der Waals surface area contributed by atoms with Gasteiger partial charge in [0, 0.05) is 18.0 Å². The van der Waals surface area contributed by atoms with Gasteiger partial charge >= 0.3 is 0 Å². The Morgan fingerprint density at radius 1 is 0.957 bits per heavy atom. The smallest absolute Gasteiger partial charge is 0.252 e. The molecule has 0 saturated heterocycles. The average Bonchev–Trinajstić information content (AvgIpc) is 2.61. The molecule has 1 atom stereocenters. The minimum Gasteiger partial charge on any atom is -0.340 e. The fourth-order valence-electron chi connectivity index (χ4n) is 2.28. The van der Waals surface area contributed by atoms with E-state index in [0.717, 1.165) is 11.3 Å². The molecule has 0 bridgehead atoms. The fourth-order valence-corrected chi connectivity index (χ4v) is 2.45. The van der Waals surface area contributed by atoms with Crippen LogP contribution < -0.4 is 5.32 Å². The van der Waals surface area contributed by atoms with Gasteiger partial charge in [-0.1, -0.05) is 48.0 Å². The lowest BCUT2D eigenvalue weighted by Gasteiger charge is -2.19. The third-order valence-electron chi connectivity index (χ3n) is 3.38. The molecule has 0 aliphatic heterocycles. The Kier molecular flexibility index (Phi) is 4.64. The predicted molar refractivity (Wildman–Crippen MR) is 89.2 cm³/mol. The highest BCUT2D eigenvalue weighted by Gasteiger charge is 2.18. The van der Waals surface area contributed by atoms with E-state index >= 15 is 0 Å². The maximum absolute atomic E-state index is 12.5. The third-order valence-corrected chi connectivity index (χ3v) is 3.59. The molecule has 1 N–H and O–H groups in total. The van der Waals surface area contributed by atoms with Crippen LogP contribution in [-0.4, -0.2) is 15.9 Å². The van der Waals surface area contributed by atoms with Crippen molar-refractivity contribution in [2.24, 2.45) is 0 Å². The van der Waals surface area contributed by atoms with Crippen LogP contribution in [0.2, 0.25) is 5.15 Å². The molecule has 0 fully saturated rings. The van der Waals surface area contributed by atoms with Gasteiger partial charge in [0.15, 0.2) is 0 Å². The van der Waals surface area contributed by atoms with Crippen molar-refractivity contribution < 1.29 is 4.79 Å². The van der Waals surface area contributed by atoms with Crippen LogP contribution in [-0.2, 0) is 0 Å². The van der Waals surface area contributed by atoms with Gasteiger partial charge < -0.3 is 5.32 Å². The maximum Gasteiger partial charge on any atom is 0.252 e. The van der Waals surface area contributed by atoms with Crippen molar-refractivity contribution in [2.45, 2.75) is 6.04 Å². The van der Waals surface area contributed by atoms with E-state index in [9.17, 15) is 4.79 Å². The molecule has 0 aliphatic carbocycles. The largest absolute Gasteiger partial charge is 0.340 e. The molecule has 1 aromatic carbocycles. The molecule has 3 aromatic rings. The predicted octanol–water partition coefficient (Wildman–Crippen LogP) is 3.65. The zero-order valence-corrected chi connectivity index (χ0v) is 12.9. The Morgan fingerprint density at radius 3 is 2.43 bits per heavy atom. The Hall–Kier alpha value is -2.72. The quantitative estimate of drug-likeness (QED) is 0.746. The van der Waals surface area contributed by atoms with Crippen molar-refractivity contribution in [1.29, 1.82) is 0 Å². The molecule has 0 aliphatic rings. The van der Waals surface area contributed by atoms with Gasteiger partial charge in [0.05, 0.1) is 11.7 Å². The van der Waals surface area contributed by atoms with Crippen molar-refractivity contribution in [3.05, 3.63) is 95.0 Å². The van der Waals surface area contributed by atoms with E-state index in [1.54, 1.807) is 12.3 Å². The molecule has 0 spiro atoms. The van der Waals surface area contributed by atoms with Gasteiger partial charge in [-0.25, -0.2) is 4.98 Å². The lowest BCUT2D eigenvalue weighted by atomic mass is 10.0. The number of carbonyl (C=O) groups excluding carboxylic acids is 1. The zero-order valence-electron chi connectivity index (χ0n) is 12.2. The van der Waals surface area contributed by atoms with E-state index in [1.165, 1.54) is 12.3 Å². The maximum atomic E-state index is 12.5. The first kappa shape index (κ1) is 15.2. The molecule has 114 valence electrons. The summed E-state index contributed by atoms with van der Waals surface area (Å²) < 4.78 is 0. The van der Waals surface area contributed by atoms with Crippen LogP contribution in [0.25, 0.3) is 0 Å². The SMILES string of the molecule is O=C(NC(c1ccccc1)c1ccccn1)c1ccnc(Cl)c1. The number of hydrogen-bond acceptors (Lipinski definition) is 3. The number of halogens is 1. The topological polar surface area (TPSA) is 54.9 Å². The first-order valence-corrected chi connectivity index (χ1v) is 7.50. The van der Waals surface area contributed by atoms with E-state index in [1.807, 2.05) is 48.5 Å². The van der Waals surface area contributed by atoms with E-state index < -0.39 is 0 Å². The monoisotopic (exact) mass is 323 g/mol. The normalized spacial score (nSPS) is 11.7. The lowest BCUT2D eigenvalue weighted by molar-refractivity contribution is 0.0942. The van der Waals surface area contributed by atoms with Crippen molar-refractivity contribution in [3.8, 4) is 0 Å². The van der Waals surface area contributed by atoms with Crippen LogP contribution in [0.5, 0.6) is 0 Å². The highest BCUT2D eigenvalue weighted by Crippen LogP contribution is 2.20. The summed E-state index contributed by atoms with van der Waals surface area (Å²) in [6.45, 7) is 0. The first-order valence-electron chi connectivity index (χ1n) is 7.12. The summed E-state index contributed by atoms with van der Waals surface area (Å²) in [5, 5.41) is 3.29. The molecular weight excluding hydrogens is 310 g/mol. The van der Waals surface area contributed by atoms with Gasteiger partial charge in [-0.05, 0) is 29.8 Å². The summed E-state index contributed by atoms with van der Waals surface area (Å²) in [5.41, 5.74) is 2.19. The van der Waals surface area contributed by atoms with E-state index in [-0.39, 0.29) is 17.1 Å². The molecule has 0 radical (unpaired) electrons. The first-order chi connectivity index (χ1) is 11.2. The van der Waals surface area contributed by atoms with Gasteiger partial charge in [-0.3, -0.25) is 9.78 Å². The van der Waals surface area contributed by atoms with Crippen LogP contribution in [0.3, 0.4) is 0 Å². The summed E-state index contributed by atoms with van der Waals surface area (Å²) in [6.07, 6.45) is 3.22. The van der Waals surface area contributed by atoms with Crippen molar-refractivity contribution in [2.75, 3.05) is 0 Å². The second-order valence-electron chi connectivity index (χ2n) is 4.94. The third kappa shape index (κ3) is 3.73. The summed E-state index contributed by atoms with van der Waals surface area (Å²) in [4.78, 5) is 20.8. The van der Waals surface area contributed by atoms with Gasteiger partial charge in [0.2, 0.25) is 0 Å². The van der Waals surface area contributed by atoms with Crippen molar-refractivity contribution >= 4 is 17.5 Å². The molecule has 1 unspecified atom stereocenters. The summed E-state index contributed by atoms with van der Waals surface area (Å²) in [6, 6.07) is 18.2. The minimum atomic E-state index is -0.336. The van der Waals surface area contributed by atoms with Crippen molar-refractivity contribution in [3.63, 3.8) is 0 Å². The Morgan fingerprint density at radius 2 is 1.74 bits per heavy atom. The number of benzene rings is 1. The molecular formula is C18H14ClN3O. The van der Waals surface area contributed by atoms with Gasteiger partial charge in [-0.2, -0.15) is 0 Å².